The average molecular weight is 467 g/mol. The molecular formula is C18H17BrClN5O3. The lowest BCUT2D eigenvalue weighted by molar-refractivity contribution is 0.324. The summed E-state index contributed by atoms with van der Waals surface area (Å²) >= 11 is 9.47. The second-order valence-electron chi connectivity index (χ2n) is 5.43. The van der Waals surface area contributed by atoms with Crippen LogP contribution < -0.4 is 24.8 Å². The zero-order valence-corrected chi connectivity index (χ0v) is 17.6. The summed E-state index contributed by atoms with van der Waals surface area (Å²) in [6.07, 6.45) is 1.40. The molecular weight excluding hydrogens is 450 g/mol. The van der Waals surface area contributed by atoms with Crippen LogP contribution >= 0.6 is 27.5 Å². The van der Waals surface area contributed by atoms with Gasteiger partial charge in [-0.25, -0.2) is 9.97 Å². The molecule has 2 aromatic carbocycles. The van der Waals surface area contributed by atoms with Gasteiger partial charge in [0.15, 0.2) is 11.5 Å². The lowest BCUT2D eigenvalue weighted by atomic mass is 10.2. The molecule has 0 radical (unpaired) electrons. The monoisotopic (exact) mass is 465 g/mol. The molecule has 3 rings (SSSR count). The molecule has 28 heavy (non-hydrogen) atoms. The smallest absolute Gasteiger partial charge is 0.232 e. The van der Waals surface area contributed by atoms with E-state index >= 15 is 0 Å². The van der Waals surface area contributed by atoms with Crippen LogP contribution in [0.15, 0.2) is 41.1 Å². The maximum Gasteiger partial charge on any atom is 0.232 e. The third-order valence-corrected chi connectivity index (χ3v) is 4.90. The van der Waals surface area contributed by atoms with E-state index in [1.165, 1.54) is 6.33 Å². The van der Waals surface area contributed by atoms with Gasteiger partial charge in [0.05, 0.1) is 26.4 Å². The average Bonchev–Trinajstić information content (AvgIpc) is 2.70. The predicted octanol–water partition coefficient (Wildman–Crippen LogP) is 4.80. The molecule has 0 amide bonds. The fourth-order valence-electron chi connectivity index (χ4n) is 2.40. The number of aromatic nitrogens is 3. The van der Waals surface area contributed by atoms with E-state index < -0.39 is 0 Å². The van der Waals surface area contributed by atoms with Gasteiger partial charge in [0, 0.05) is 28.0 Å². The minimum absolute atomic E-state index is 0.343. The van der Waals surface area contributed by atoms with E-state index in [0.29, 0.717) is 39.9 Å². The van der Waals surface area contributed by atoms with Crippen LogP contribution in [0.4, 0.5) is 23.3 Å². The molecule has 0 aliphatic carbocycles. The van der Waals surface area contributed by atoms with Crippen LogP contribution in [0.5, 0.6) is 17.2 Å². The lowest BCUT2D eigenvalue weighted by Gasteiger charge is -2.14. The maximum absolute atomic E-state index is 6.11. The van der Waals surface area contributed by atoms with Crippen molar-refractivity contribution in [3.05, 3.63) is 46.2 Å². The summed E-state index contributed by atoms with van der Waals surface area (Å²) in [7, 11) is 4.65. The van der Waals surface area contributed by atoms with E-state index in [1.54, 1.807) is 39.5 Å². The van der Waals surface area contributed by atoms with Gasteiger partial charge in [-0.05, 0) is 34.1 Å². The number of methoxy groups -OCH3 is 3. The van der Waals surface area contributed by atoms with E-state index in [0.717, 1.165) is 10.2 Å². The normalized spacial score (nSPS) is 10.3. The Morgan fingerprint density at radius 1 is 0.857 bits per heavy atom. The summed E-state index contributed by atoms with van der Waals surface area (Å²) in [6.45, 7) is 0. The zero-order chi connectivity index (χ0) is 20.1. The van der Waals surface area contributed by atoms with Gasteiger partial charge >= 0.3 is 0 Å². The summed E-state index contributed by atoms with van der Waals surface area (Å²) < 4.78 is 16.8. The molecule has 0 unspecified atom stereocenters. The number of ether oxygens (including phenoxy) is 3. The standard InChI is InChI=1S/C18H17BrClN5O3/c1-26-14-7-11(8-15(27-2)16(14)28-3)24-18-22-9-21-17(25-18)23-10-4-5-12(19)13(20)6-10/h4-9H,1-3H3,(H2,21,22,23,24,25). The third-order valence-electron chi connectivity index (χ3n) is 3.67. The van der Waals surface area contributed by atoms with E-state index in [1.807, 2.05) is 12.1 Å². The highest BCUT2D eigenvalue weighted by Gasteiger charge is 2.14. The van der Waals surface area contributed by atoms with Crippen molar-refractivity contribution in [3.8, 4) is 17.2 Å². The first kappa shape index (κ1) is 20.0. The van der Waals surface area contributed by atoms with Crippen molar-refractivity contribution in [2.75, 3.05) is 32.0 Å². The van der Waals surface area contributed by atoms with Crippen molar-refractivity contribution in [2.24, 2.45) is 0 Å². The van der Waals surface area contributed by atoms with Gasteiger partial charge in [0.2, 0.25) is 17.6 Å². The van der Waals surface area contributed by atoms with Crippen molar-refractivity contribution in [3.63, 3.8) is 0 Å². The number of nitrogens with one attached hydrogen (secondary N) is 2. The number of halogens is 2. The molecule has 0 saturated carbocycles. The molecule has 2 N–H and O–H groups in total. The Labute approximate surface area is 175 Å². The summed E-state index contributed by atoms with van der Waals surface area (Å²) in [5.74, 6) is 2.24. The van der Waals surface area contributed by atoms with Crippen LogP contribution in [0.3, 0.4) is 0 Å². The molecule has 1 heterocycles. The Balaban J connectivity index is 1.83. The first-order valence-corrected chi connectivity index (χ1v) is 9.19. The summed E-state index contributed by atoms with van der Waals surface area (Å²) in [5, 5.41) is 6.76. The predicted molar refractivity (Wildman–Crippen MR) is 112 cm³/mol. The Hall–Kier alpha value is -2.78. The largest absolute Gasteiger partial charge is 0.493 e. The second-order valence-corrected chi connectivity index (χ2v) is 6.69. The Bertz CT molecular complexity index is 964. The number of anilines is 4. The van der Waals surface area contributed by atoms with Gasteiger partial charge in [-0.1, -0.05) is 11.6 Å². The van der Waals surface area contributed by atoms with Crippen LogP contribution in [-0.4, -0.2) is 36.3 Å². The minimum Gasteiger partial charge on any atom is -0.493 e. The molecule has 146 valence electrons. The molecule has 0 aliphatic rings. The fraction of sp³-hybridized carbons (Fsp3) is 0.167. The minimum atomic E-state index is 0.343. The molecule has 0 atom stereocenters. The molecule has 0 bridgehead atoms. The number of hydrogen-bond donors (Lipinski definition) is 2. The first-order valence-electron chi connectivity index (χ1n) is 8.02. The topological polar surface area (TPSA) is 90.4 Å². The van der Waals surface area contributed by atoms with Gasteiger partial charge in [-0.15, -0.1) is 0 Å². The number of nitrogens with zero attached hydrogens (tertiary/aromatic N) is 3. The van der Waals surface area contributed by atoms with Gasteiger partial charge in [-0.3, -0.25) is 0 Å². The molecule has 8 nitrogen and oxygen atoms in total. The van der Waals surface area contributed by atoms with Crippen molar-refractivity contribution in [1.29, 1.82) is 0 Å². The summed E-state index contributed by atoms with van der Waals surface area (Å²) in [4.78, 5) is 12.6. The second kappa shape index (κ2) is 8.94. The number of hydrogen-bond acceptors (Lipinski definition) is 8. The van der Waals surface area contributed by atoms with E-state index in [9.17, 15) is 0 Å². The molecule has 0 spiro atoms. The van der Waals surface area contributed by atoms with E-state index in [-0.39, 0.29) is 0 Å². The Kier molecular flexibility index (Phi) is 6.37. The van der Waals surface area contributed by atoms with Gasteiger partial charge in [0.1, 0.15) is 6.33 Å². The van der Waals surface area contributed by atoms with Crippen LogP contribution in [0, 0.1) is 0 Å². The summed E-state index contributed by atoms with van der Waals surface area (Å²) in [6, 6.07) is 8.97. The highest BCUT2D eigenvalue weighted by molar-refractivity contribution is 9.10. The van der Waals surface area contributed by atoms with Crippen molar-refractivity contribution >= 4 is 50.8 Å². The van der Waals surface area contributed by atoms with Crippen LogP contribution in [0.25, 0.3) is 0 Å². The number of rotatable bonds is 7. The number of benzene rings is 2. The Morgan fingerprint density at radius 2 is 1.46 bits per heavy atom. The van der Waals surface area contributed by atoms with Crippen LogP contribution in [0.2, 0.25) is 5.02 Å². The van der Waals surface area contributed by atoms with Gasteiger partial charge in [0.25, 0.3) is 0 Å². The van der Waals surface area contributed by atoms with Crippen LogP contribution in [-0.2, 0) is 0 Å². The van der Waals surface area contributed by atoms with E-state index in [2.05, 4.69) is 41.5 Å². The third kappa shape index (κ3) is 4.55. The van der Waals surface area contributed by atoms with Crippen molar-refractivity contribution in [1.82, 2.24) is 15.0 Å². The van der Waals surface area contributed by atoms with Crippen LogP contribution in [0.1, 0.15) is 0 Å². The van der Waals surface area contributed by atoms with Crippen molar-refractivity contribution in [2.45, 2.75) is 0 Å². The summed E-state index contributed by atoms with van der Waals surface area (Å²) in [5.41, 5.74) is 1.41. The van der Waals surface area contributed by atoms with Gasteiger partial charge in [-0.2, -0.15) is 4.98 Å². The van der Waals surface area contributed by atoms with Gasteiger partial charge < -0.3 is 24.8 Å². The fourth-order valence-corrected chi connectivity index (χ4v) is 2.83. The molecule has 0 aliphatic heterocycles. The SMILES string of the molecule is COc1cc(Nc2ncnc(Nc3ccc(Br)c(Cl)c3)n2)cc(OC)c1OC. The van der Waals surface area contributed by atoms with E-state index in [4.69, 9.17) is 25.8 Å². The molecule has 0 saturated heterocycles. The highest BCUT2D eigenvalue weighted by atomic mass is 79.9. The molecule has 1 aromatic heterocycles. The highest BCUT2D eigenvalue weighted by Crippen LogP contribution is 2.40. The zero-order valence-electron chi connectivity index (χ0n) is 15.3. The first-order chi connectivity index (χ1) is 13.5. The Morgan fingerprint density at radius 3 is 2.00 bits per heavy atom. The lowest BCUT2D eigenvalue weighted by Crippen LogP contribution is -2.03. The molecule has 10 heteroatoms. The molecule has 3 aromatic rings. The quantitative estimate of drug-likeness (QED) is 0.513. The maximum atomic E-state index is 6.11. The van der Waals surface area contributed by atoms with Crippen molar-refractivity contribution < 1.29 is 14.2 Å². The molecule has 0 fully saturated rings.